The van der Waals surface area contributed by atoms with E-state index in [0.29, 0.717) is 6.61 Å². The molecule has 0 bridgehead atoms. The fourth-order valence-electron chi connectivity index (χ4n) is 2.01. The molecule has 2 rings (SSSR count). The maximum atomic E-state index is 5.12. The van der Waals surface area contributed by atoms with Crippen LogP contribution in [-0.2, 0) is 17.9 Å². The highest BCUT2D eigenvalue weighted by Crippen LogP contribution is 2.26. The summed E-state index contributed by atoms with van der Waals surface area (Å²) in [6.45, 7) is 3.69. The standard InChI is InChI=1S/C17H21NOS/c1-3-20-17-7-5-4-6-16(17)18-12-14-8-10-15(11-9-14)13-19-2/h4-11,18H,3,12-13H2,1-2H3. The number of thioether (sulfide) groups is 1. The Morgan fingerprint density at radius 3 is 2.40 bits per heavy atom. The molecule has 0 saturated carbocycles. The van der Waals surface area contributed by atoms with Gasteiger partial charge in [0.05, 0.1) is 6.61 Å². The minimum Gasteiger partial charge on any atom is -0.380 e. The number of rotatable bonds is 7. The maximum absolute atomic E-state index is 5.12. The molecule has 0 aliphatic heterocycles. The molecule has 2 aromatic carbocycles. The van der Waals surface area contributed by atoms with Crippen LogP contribution in [0.1, 0.15) is 18.1 Å². The van der Waals surface area contributed by atoms with E-state index in [2.05, 4.69) is 60.8 Å². The molecule has 0 atom stereocenters. The van der Waals surface area contributed by atoms with Crippen molar-refractivity contribution in [3.63, 3.8) is 0 Å². The third-order valence-corrected chi connectivity index (χ3v) is 3.96. The van der Waals surface area contributed by atoms with Gasteiger partial charge in [-0.3, -0.25) is 0 Å². The summed E-state index contributed by atoms with van der Waals surface area (Å²) >= 11 is 1.87. The van der Waals surface area contributed by atoms with Crippen LogP contribution < -0.4 is 5.32 Å². The Morgan fingerprint density at radius 2 is 1.70 bits per heavy atom. The third-order valence-electron chi connectivity index (χ3n) is 3.00. The van der Waals surface area contributed by atoms with Gasteiger partial charge in [-0.1, -0.05) is 43.3 Å². The lowest BCUT2D eigenvalue weighted by atomic mass is 10.1. The van der Waals surface area contributed by atoms with Crippen molar-refractivity contribution in [2.75, 3.05) is 18.2 Å². The van der Waals surface area contributed by atoms with Crippen molar-refractivity contribution >= 4 is 17.4 Å². The Hall–Kier alpha value is -1.45. The van der Waals surface area contributed by atoms with E-state index in [1.54, 1.807) is 7.11 Å². The number of benzene rings is 2. The molecule has 0 amide bonds. The number of methoxy groups -OCH3 is 1. The van der Waals surface area contributed by atoms with Crippen molar-refractivity contribution in [1.29, 1.82) is 0 Å². The van der Waals surface area contributed by atoms with Crippen molar-refractivity contribution in [2.24, 2.45) is 0 Å². The van der Waals surface area contributed by atoms with E-state index in [4.69, 9.17) is 4.74 Å². The second-order valence-corrected chi connectivity index (χ2v) is 5.84. The smallest absolute Gasteiger partial charge is 0.0713 e. The van der Waals surface area contributed by atoms with Gasteiger partial charge in [-0.05, 0) is 29.0 Å². The molecular formula is C17H21NOS. The molecule has 1 N–H and O–H groups in total. The van der Waals surface area contributed by atoms with Gasteiger partial charge in [0, 0.05) is 24.2 Å². The number of para-hydroxylation sites is 1. The van der Waals surface area contributed by atoms with E-state index in [1.165, 1.54) is 21.7 Å². The number of hydrogen-bond acceptors (Lipinski definition) is 3. The lowest BCUT2D eigenvalue weighted by Gasteiger charge is -2.11. The van der Waals surface area contributed by atoms with Crippen molar-refractivity contribution in [2.45, 2.75) is 25.0 Å². The first-order valence-electron chi connectivity index (χ1n) is 6.86. The first-order valence-corrected chi connectivity index (χ1v) is 7.84. The summed E-state index contributed by atoms with van der Waals surface area (Å²) in [5.74, 6) is 1.09. The van der Waals surface area contributed by atoms with Crippen molar-refractivity contribution in [3.05, 3.63) is 59.7 Å². The van der Waals surface area contributed by atoms with Gasteiger partial charge in [0.1, 0.15) is 0 Å². The fraction of sp³-hybridized carbons (Fsp3) is 0.294. The molecule has 0 aliphatic carbocycles. The van der Waals surface area contributed by atoms with Crippen LogP contribution in [0.15, 0.2) is 53.4 Å². The Balaban J connectivity index is 1.97. The average molecular weight is 287 g/mol. The molecule has 0 spiro atoms. The SMILES string of the molecule is CCSc1ccccc1NCc1ccc(COC)cc1. The van der Waals surface area contributed by atoms with Gasteiger partial charge in [-0.15, -0.1) is 11.8 Å². The molecule has 0 aliphatic rings. The lowest BCUT2D eigenvalue weighted by molar-refractivity contribution is 0.185. The van der Waals surface area contributed by atoms with Gasteiger partial charge in [-0.25, -0.2) is 0 Å². The van der Waals surface area contributed by atoms with Gasteiger partial charge < -0.3 is 10.1 Å². The summed E-state index contributed by atoms with van der Waals surface area (Å²) in [5, 5.41) is 3.51. The van der Waals surface area contributed by atoms with Gasteiger partial charge in [0.15, 0.2) is 0 Å². The quantitative estimate of drug-likeness (QED) is 0.754. The van der Waals surface area contributed by atoms with Crippen molar-refractivity contribution < 1.29 is 4.74 Å². The van der Waals surface area contributed by atoms with Crippen LogP contribution >= 0.6 is 11.8 Å². The van der Waals surface area contributed by atoms with E-state index in [-0.39, 0.29) is 0 Å². The Morgan fingerprint density at radius 1 is 1.00 bits per heavy atom. The zero-order chi connectivity index (χ0) is 14.2. The highest BCUT2D eigenvalue weighted by atomic mass is 32.2. The van der Waals surface area contributed by atoms with E-state index < -0.39 is 0 Å². The first kappa shape index (κ1) is 14.9. The molecule has 0 aromatic heterocycles. The lowest BCUT2D eigenvalue weighted by Crippen LogP contribution is -2.01. The zero-order valence-corrected chi connectivity index (χ0v) is 12.9. The highest BCUT2D eigenvalue weighted by molar-refractivity contribution is 7.99. The van der Waals surface area contributed by atoms with Crippen LogP contribution in [0.25, 0.3) is 0 Å². The van der Waals surface area contributed by atoms with E-state index in [0.717, 1.165) is 12.3 Å². The van der Waals surface area contributed by atoms with Crippen LogP contribution in [0.4, 0.5) is 5.69 Å². The van der Waals surface area contributed by atoms with Gasteiger partial charge in [0.25, 0.3) is 0 Å². The van der Waals surface area contributed by atoms with Gasteiger partial charge in [0.2, 0.25) is 0 Å². The molecule has 0 heterocycles. The van der Waals surface area contributed by atoms with E-state index in [9.17, 15) is 0 Å². The minimum absolute atomic E-state index is 0.670. The Labute approximate surface area is 125 Å². The van der Waals surface area contributed by atoms with Gasteiger partial charge >= 0.3 is 0 Å². The van der Waals surface area contributed by atoms with Crippen LogP contribution in [0.3, 0.4) is 0 Å². The zero-order valence-electron chi connectivity index (χ0n) is 12.1. The third kappa shape index (κ3) is 4.29. The molecule has 0 fully saturated rings. The van der Waals surface area contributed by atoms with Crippen molar-refractivity contribution in [3.8, 4) is 0 Å². The number of nitrogens with one attached hydrogen (secondary N) is 1. The predicted octanol–water partition coefficient (Wildman–Crippen LogP) is 4.56. The number of anilines is 1. The van der Waals surface area contributed by atoms with Crippen molar-refractivity contribution in [1.82, 2.24) is 0 Å². The van der Waals surface area contributed by atoms with E-state index in [1.807, 2.05) is 11.8 Å². The second-order valence-electron chi connectivity index (χ2n) is 4.53. The largest absolute Gasteiger partial charge is 0.380 e. The summed E-state index contributed by atoms with van der Waals surface area (Å²) in [5.41, 5.74) is 3.69. The van der Waals surface area contributed by atoms with Gasteiger partial charge in [-0.2, -0.15) is 0 Å². The molecule has 3 heteroatoms. The second kappa shape index (κ2) is 7.98. The summed E-state index contributed by atoms with van der Waals surface area (Å²) in [7, 11) is 1.72. The highest BCUT2D eigenvalue weighted by Gasteiger charge is 2.01. The molecule has 106 valence electrons. The topological polar surface area (TPSA) is 21.3 Å². The Kier molecular flexibility index (Phi) is 5.96. The molecule has 0 radical (unpaired) electrons. The molecular weight excluding hydrogens is 266 g/mol. The molecule has 2 aromatic rings. The van der Waals surface area contributed by atoms with Crippen LogP contribution in [0, 0.1) is 0 Å². The van der Waals surface area contributed by atoms with E-state index >= 15 is 0 Å². The normalized spacial score (nSPS) is 10.5. The van der Waals surface area contributed by atoms with Crippen LogP contribution in [-0.4, -0.2) is 12.9 Å². The average Bonchev–Trinajstić information content (AvgIpc) is 2.48. The summed E-state index contributed by atoms with van der Waals surface area (Å²) in [6.07, 6.45) is 0. The molecule has 0 saturated heterocycles. The molecule has 20 heavy (non-hydrogen) atoms. The van der Waals surface area contributed by atoms with Crippen LogP contribution in [0.5, 0.6) is 0 Å². The monoisotopic (exact) mass is 287 g/mol. The summed E-state index contributed by atoms with van der Waals surface area (Å²) in [4.78, 5) is 1.31. The maximum Gasteiger partial charge on any atom is 0.0713 e. The fourth-order valence-corrected chi connectivity index (χ4v) is 2.79. The number of ether oxygens (including phenoxy) is 1. The Bertz CT molecular complexity index is 525. The summed E-state index contributed by atoms with van der Waals surface area (Å²) < 4.78 is 5.12. The number of hydrogen-bond donors (Lipinski definition) is 1. The summed E-state index contributed by atoms with van der Waals surface area (Å²) in [6, 6.07) is 17.0. The minimum atomic E-state index is 0.670. The molecule has 2 nitrogen and oxygen atoms in total. The van der Waals surface area contributed by atoms with Crippen LogP contribution in [0.2, 0.25) is 0 Å². The first-order chi connectivity index (χ1) is 9.83. The molecule has 0 unspecified atom stereocenters. The predicted molar refractivity (Wildman–Crippen MR) is 87.3 cm³/mol.